The van der Waals surface area contributed by atoms with Crippen molar-refractivity contribution in [3.05, 3.63) is 24.8 Å². The Bertz CT molecular complexity index is 576. The van der Waals surface area contributed by atoms with Crippen molar-refractivity contribution >= 4 is 80.8 Å². The maximum atomic E-state index is 11.9. The molecule has 114 valence electrons. The Labute approximate surface area is 159 Å². The molecule has 0 bridgehead atoms. The minimum absolute atomic E-state index is 0.0424. The highest BCUT2D eigenvalue weighted by Crippen LogP contribution is 2.45. The zero-order chi connectivity index (χ0) is 15.5. The molecule has 21 heavy (non-hydrogen) atoms. The van der Waals surface area contributed by atoms with Gasteiger partial charge in [-0.3, -0.25) is 4.79 Å². The number of hydrazone groups is 1. The Morgan fingerprint density at radius 2 is 2.14 bits per heavy atom. The van der Waals surface area contributed by atoms with E-state index in [-0.39, 0.29) is 15.7 Å². The molecule has 0 unspecified atom stereocenters. The number of hydrogen-bond acceptors (Lipinski definition) is 5. The van der Waals surface area contributed by atoms with E-state index in [1.165, 1.54) is 6.21 Å². The standard InChI is InChI=1S/C13H14I2N2O2S2/c1-13(20-2-3-21-13)6-11(18)17-16-7-8-4-9(14)5-10(15)12(8)19/h4-5,7,19H,2-3,6H2,1H3,(H,17,18)/b16-7-. The van der Waals surface area contributed by atoms with Crippen molar-refractivity contribution in [2.75, 3.05) is 11.5 Å². The van der Waals surface area contributed by atoms with Gasteiger partial charge in [0.2, 0.25) is 5.91 Å². The number of amides is 1. The van der Waals surface area contributed by atoms with Crippen molar-refractivity contribution in [3.8, 4) is 5.75 Å². The maximum Gasteiger partial charge on any atom is 0.242 e. The molecule has 1 aliphatic rings. The van der Waals surface area contributed by atoms with Gasteiger partial charge in [-0.1, -0.05) is 0 Å². The van der Waals surface area contributed by atoms with Crippen LogP contribution in [0.15, 0.2) is 17.2 Å². The maximum absolute atomic E-state index is 11.9. The van der Waals surface area contributed by atoms with Crippen LogP contribution < -0.4 is 5.43 Å². The van der Waals surface area contributed by atoms with E-state index in [4.69, 9.17) is 0 Å². The van der Waals surface area contributed by atoms with Gasteiger partial charge in [-0.05, 0) is 64.2 Å². The zero-order valence-corrected chi connectivity index (χ0v) is 17.2. The predicted octanol–water partition coefficient (Wildman–Crippen LogP) is 3.64. The van der Waals surface area contributed by atoms with Crippen LogP contribution in [-0.2, 0) is 4.79 Å². The average molecular weight is 548 g/mol. The summed E-state index contributed by atoms with van der Waals surface area (Å²) >= 11 is 7.88. The normalized spacial score (nSPS) is 17.3. The molecule has 2 N–H and O–H groups in total. The molecule has 1 amide bonds. The first-order valence-corrected chi connectivity index (χ1v) is 10.3. The molecule has 0 aromatic heterocycles. The molecule has 1 saturated heterocycles. The van der Waals surface area contributed by atoms with Gasteiger partial charge in [0, 0.05) is 20.6 Å². The third-order valence-electron chi connectivity index (χ3n) is 2.83. The van der Waals surface area contributed by atoms with Gasteiger partial charge < -0.3 is 5.11 Å². The van der Waals surface area contributed by atoms with Gasteiger partial charge in [0.05, 0.1) is 20.3 Å². The summed E-state index contributed by atoms with van der Waals surface area (Å²) in [5, 5.41) is 13.9. The predicted molar refractivity (Wildman–Crippen MR) is 107 cm³/mol. The van der Waals surface area contributed by atoms with E-state index >= 15 is 0 Å². The number of carbonyl (C=O) groups is 1. The number of halogens is 2. The van der Waals surface area contributed by atoms with E-state index in [1.54, 1.807) is 0 Å². The lowest BCUT2D eigenvalue weighted by molar-refractivity contribution is -0.121. The molecule has 0 radical (unpaired) electrons. The van der Waals surface area contributed by atoms with Crippen LogP contribution >= 0.6 is 68.7 Å². The van der Waals surface area contributed by atoms with Crippen LogP contribution in [0.4, 0.5) is 0 Å². The first-order valence-electron chi connectivity index (χ1n) is 6.17. The molecule has 1 aromatic carbocycles. The number of thioether (sulfide) groups is 2. The van der Waals surface area contributed by atoms with E-state index < -0.39 is 0 Å². The second-order valence-corrected chi connectivity index (χ2v) is 10.5. The van der Waals surface area contributed by atoms with E-state index in [0.717, 1.165) is 18.6 Å². The lowest BCUT2D eigenvalue weighted by Crippen LogP contribution is -2.26. The van der Waals surface area contributed by atoms with Crippen molar-refractivity contribution in [3.63, 3.8) is 0 Å². The summed E-state index contributed by atoms with van der Waals surface area (Å²) in [5.74, 6) is 2.26. The van der Waals surface area contributed by atoms with Crippen LogP contribution in [0, 0.1) is 7.14 Å². The zero-order valence-electron chi connectivity index (χ0n) is 11.2. The molecule has 8 heteroatoms. The molecule has 1 aromatic rings. The number of phenols is 1. The molecule has 0 spiro atoms. The molecular weight excluding hydrogens is 534 g/mol. The fourth-order valence-corrected chi connectivity index (χ4v) is 6.57. The molecule has 1 aliphatic heterocycles. The molecule has 0 aliphatic carbocycles. The molecule has 1 fully saturated rings. The van der Waals surface area contributed by atoms with Crippen molar-refractivity contribution in [1.82, 2.24) is 5.43 Å². The number of rotatable bonds is 4. The molecule has 1 heterocycles. The molecule has 0 saturated carbocycles. The van der Waals surface area contributed by atoms with Crippen LogP contribution in [0.5, 0.6) is 5.75 Å². The monoisotopic (exact) mass is 548 g/mol. The number of nitrogens with one attached hydrogen (secondary N) is 1. The lowest BCUT2D eigenvalue weighted by atomic mass is 10.2. The fraction of sp³-hybridized carbons (Fsp3) is 0.385. The van der Waals surface area contributed by atoms with E-state index in [0.29, 0.717) is 12.0 Å². The van der Waals surface area contributed by atoms with Gasteiger partial charge >= 0.3 is 0 Å². The Morgan fingerprint density at radius 1 is 1.48 bits per heavy atom. The number of phenolic OH excluding ortho intramolecular Hbond substituents is 1. The van der Waals surface area contributed by atoms with E-state index in [9.17, 15) is 9.90 Å². The molecule has 2 rings (SSSR count). The van der Waals surface area contributed by atoms with Crippen LogP contribution in [0.1, 0.15) is 18.9 Å². The smallest absolute Gasteiger partial charge is 0.242 e. The quantitative estimate of drug-likeness (QED) is 0.343. The van der Waals surface area contributed by atoms with E-state index in [1.807, 2.05) is 35.7 Å². The van der Waals surface area contributed by atoms with Crippen molar-refractivity contribution in [2.24, 2.45) is 5.10 Å². The highest BCUT2D eigenvalue weighted by molar-refractivity contribution is 14.1. The summed E-state index contributed by atoms with van der Waals surface area (Å²) in [5.41, 5.74) is 3.14. The minimum atomic E-state index is -0.101. The lowest BCUT2D eigenvalue weighted by Gasteiger charge is -2.19. The number of hydrogen-bond donors (Lipinski definition) is 2. The Kier molecular flexibility index (Phi) is 6.51. The summed E-state index contributed by atoms with van der Waals surface area (Å²) in [6.45, 7) is 2.09. The third-order valence-corrected chi connectivity index (χ3v) is 7.57. The first kappa shape index (κ1) is 17.7. The molecule has 0 atom stereocenters. The van der Waals surface area contributed by atoms with Gasteiger partial charge in [-0.25, -0.2) is 5.43 Å². The number of aromatic hydroxyl groups is 1. The minimum Gasteiger partial charge on any atom is -0.506 e. The summed E-state index contributed by atoms with van der Waals surface area (Å²) in [6.07, 6.45) is 1.92. The van der Waals surface area contributed by atoms with Crippen LogP contribution in [-0.4, -0.2) is 32.8 Å². The highest BCUT2D eigenvalue weighted by Gasteiger charge is 2.32. The Balaban J connectivity index is 1.95. The van der Waals surface area contributed by atoms with Gasteiger partial charge in [-0.15, -0.1) is 23.5 Å². The van der Waals surface area contributed by atoms with Crippen molar-refractivity contribution in [1.29, 1.82) is 0 Å². The molecule has 4 nitrogen and oxygen atoms in total. The Hall–Kier alpha value is 0.320. The summed E-state index contributed by atoms with van der Waals surface area (Å²) in [7, 11) is 0. The number of nitrogens with zero attached hydrogens (tertiary/aromatic N) is 1. The molecular formula is C13H14I2N2O2S2. The summed E-state index contributed by atoms with van der Waals surface area (Å²) < 4.78 is 1.73. The van der Waals surface area contributed by atoms with Crippen molar-refractivity contribution < 1.29 is 9.90 Å². The van der Waals surface area contributed by atoms with Gasteiger partial charge in [0.1, 0.15) is 5.75 Å². The largest absolute Gasteiger partial charge is 0.506 e. The highest BCUT2D eigenvalue weighted by atomic mass is 127. The number of benzene rings is 1. The summed E-state index contributed by atoms with van der Waals surface area (Å²) in [6, 6.07) is 3.69. The van der Waals surface area contributed by atoms with Gasteiger partial charge in [0.15, 0.2) is 0 Å². The van der Waals surface area contributed by atoms with Crippen LogP contribution in [0.2, 0.25) is 0 Å². The second kappa shape index (κ2) is 7.73. The van der Waals surface area contributed by atoms with Crippen LogP contribution in [0.25, 0.3) is 0 Å². The van der Waals surface area contributed by atoms with Gasteiger partial charge in [0.25, 0.3) is 0 Å². The first-order chi connectivity index (χ1) is 9.89. The second-order valence-electron chi connectivity index (χ2n) is 4.63. The SMILES string of the molecule is CC1(CC(=O)N/N=C\c2cc(I)cc(I)c2O)SCCS1. The Morgan fingerprint density at radius 3 is 2.81 bits per heavy atom. The van der Waals surface area contributed by atoms with E-state index in [2.05, 4.69) is 62.6 Å². The summed E-state index contributed by atoms with van der Waals surface area (Å²) in [4.78, 5) is 11.9. The van der Waals surface area contributed by atoms with Crippen LogP contribution in [0.3, 0.4) is 0 Å². The third kappa shape index (κ3) is 5.17. The number of carbonyl (C=O) groups excluding carboxylic acids is 1. The van der Waals surface area contributed by atoms with Gasteiger partial charge in [-0.2, -0.15) is 5.10 Å². The fourth-order valence-electron chi connectivity index (χ4n) is 1.85. The van der Waals surface area contributed by atoms with Crippen molar-refractivity contribution in [2.45, 2.75) is 17.4 Å². The average Bonchev–Trinajstić information content (AvgIpc) is 2.81. The topological polar surface area (TPSA) is 61.7 Å².